The average Bonchev–Trinajstić information content (AvgIpc) is 3.10. The number of rotatable bonds is 5. The Morgan fingerprint density at radius 2 is 1.62 bits per heavy atom. The van der Waals surface area contributed by atoms with Gasteiger partial charge in [-0.2, -0.15) is 8.42 Å². The van der Waals surface area contributed by atoms with Crippen LogP contribution in [-0.2, 0) is 14.3 Å². The van der Waals surface area contributed by atoms with Gasteiger partial charge in [-0.3, -0.25) is 4.18 Å². The summed E-state index contributed by atoms with van der Waals surface area (Å²) < 4.78 is 41.2. The highest BCUT2D eigenvalue weighted by molar-refractivity contribution is 7.86. The van der Waals surface area contributed by atoms with Crippen molar-refractivity contribution in [1.29, 1.82) is 0 Å². The lowest BCUT2D eigenvalue weighted by Gasteiger charge is -2.12. The Morgan fingerprint density at radius 1 is 0.862 bits per heavy atom. The van der Waals surface area contributed by atoms with Crippen LogP contribution >= 0.6 is 34.8 Å². The van der Waals surface area contributed by atoms with E-state index in [9.17, 15) is 8.42 Å². The van der Waals surface area contributed by atoms with Gasteiger partial charge >= 0.3 is 0 Å². The Hall–Kier alpha value is -1.96. The second kappa shape index (κ2) is 8.05. The van der Waals surface area contributed by atoms with E-state index < -0.39 is 16.4 Å². The van der Waals surface area contributed by atoms with E-state index in [1.165, 1.54) is 12.1 Å². The molecule has 9 heteroatoms. The summed E-state index contributed by atoms with van der Waals surface area (Å²) in [5.74, 6) is 0.758. The molecule has 3 aromatic rings. The molecule has 5 nitrogen and oxygen atoms in total. The highest BCUT2D eigenvalue weighted by Crippen LogP contribution is 2.47. The van der Waals surface area contributed by atoms with E-state index in [0.29, 0.717) is 37.7 Å². The summed E-state index contributed by atoms with van der Waals surface area (Å²) in [6.07, 6.45) is -0.966. The fourth-order valence-electron chi connectivity index (χ4n) is 2.85. The van der Waals surface area contributed by atoms with E-state index in [4.69, 9.17) is 48.5 Å². The summed E-state index contributed by atoms with van der Waals surface area (Å²) >= 11 is 18.5. The molecular weight excluding hydrogens is 459 g/mol. The Balaban J connectivity index is 1.57. The molecule has 4 rings (SSSR count). The minimum absolute atomic E-state index is 0.0483. The highest BCUT2D eigenvalue weighted by Gasteiger charge is 2.30. The van der Waals surface area contributed by atoms with Crippen LogP contribution in [0.3, 0.4) is 0 Å². The molecular formula is C20H13Cl3O5S. The van der Waals surface area contributed by atoms with Crippen molar-refractivity contribution < 1.29 is 22.1 Å². The molecule has 150 valence electrons. The predicted molar refractivity (Wildman–Crippen MR) is 112 cm³/mol. The van der Waals surface area contributed by atoms with Crippen LogP contribution in [0.15, 0.2) is 65.6 Å². The molecule has 1 aliphatic heterocycles. The van der Waals surface area contributed by atoms with Gasteiger partial charge in [0.15, 0.2) is 11.5 Å². The van der Waals surface area contributed by atoms with Crippen LogP contribution in [0, 0.1) is 0 Å². The van der Waals surface area contributed by atoms with Crippen molar-refractivity contribution in [3.05, 3.63) is 75.7 Å². The first kappa shape index (κ1) is 20.3. The van der Waals surface area contributed by atoms with Crippen molar-refractivity contribution in [2.75, 3.05) is 6.61 Å². The third-order valence-corrected chi connectivity index (χ3v) is 6.20. The number of fused-ring (bicyclic) bond motifs is 1. The van der Waals surface area contributed by atoms with Gasteiger partial charge in [-0.25, -0.2) is 0 Å². The van der Waals surface area contributed by atoms with Gasteiger partial charge in [-0.05, 0) is 30.3 Å². The first-order chi connectivity index (χ1) is 13.8. The smallest absolute Gasteiger partial charge is 0.297 e. The van der Waals surface area contributed by atoms with Crippen LogP contribution in [0.5, 0.6) is 11.5 Å². The van der Waals surface area contributed by atoms with E-state index >= 15 is 0 Å². The summed E-state index contributed by atoms with van der Waals surface area (Å²) in [5, 5.41) is 1.32. The highest BCUT2D eigenvalue weighted by atomic mass is 35.5. The summed E-state index contributed by atoms with van der Waals surface area (Å²) in [6.45, 7) is -0.336. The quantitative estimate of drug-likeness (QED) is 0.439. The van der Waals surface area contributed by atoms with Gasteiger partial charge in [0, 0.05) is 27.2 Å². The fourth-order valence-corrected chi connectivity index (χ4v) is 4.49. The molecule has 1 heterocycles. The number of benzene rings is 3. The monoisotopic (exact) mass is 470 g/mol. The number of ether oxygens (including phenoxy) is 2. The molecule has 0 bridgehead atoms. The van der Waals surface area contributed by atoms with Crippen molar-refractivity contribution in [3.8, 4) is 22.6 Å². The van der Waals surface area contributed by atoms with E-state index in [0.717, 1.165) is 0 Å². The maximum absolute atomic E-state index is 12.3. The van der Waals surface area contributed by atoms with Crippen molar-refractivity contribution in [3.63, 3.8) is 0 Å². The summed E-state index contributed by atoms with van der Waals surface area (Å²) in [7, 11) is -3.94. The van der Waals surface area contributed by atoms with Crippen LogP contribution in [0.1, 0.15) is 0 Å². The van der Waals surface area contributed by atoms with Crippen LogP contribution in [-0.4, -0.2) is 21.3 Å². The van der Waals surface area contributed by atoms with Crippen LogP contribution in [0.4, 0.5) is 0 Å². The van der Waals surface area contributed by atoms with E-state index in [2.05, 4.69) is 0 Å². The van der Waals surface area contributed by atoms with Crippen molar-refractivity contribution in [2.45, 2.75) is 11.2 Å². The standard InChI is InChI=1S/C20H13Cl3O5S/c21-12-6-7-15(17(23)9-12)16-8-13(22)10-18-20(16)28-19(27-18)11-26-29(24,25)14-4-2-1-3-5-14/h1-10,19H,11H2. The van der Waals surface area contributed by atoms with Crippen molar-refractivity contribution >= 4 is 44.9 Å². The number of halogens is 3. The van der Waals surface area contributed by atoms with Crippen molar-refractivity contribution in [2.24, 2.45) is 0 Å². The van der Waals surface area contributed by atoms with Gasteiger partial charge in [0.1, 0.15) is 6.61 Å². The molecule has 0 saturated heterocycles. The molecule has 0 radical (unpaired) electrons. The van der Waals surface area contributed by atoms with E-state index in [1.54, 1.807) is 48.5 Å². The lowest BCUT2D eigenvalue weighted by Crippen LogP contribution is -2.26. The Kier molecular flexibility index (Phi) is 5.64. The summed E-state index contributed by atoms with van der Waals surface area (Å²) in [5.41, 5.74) is 1.25. The molecule has 3 aromatic carbocycles. The summed E-state index contributed by atoms with van der Waals surface area (Å²) in [6, 6.07) is 16.1. The number of hydrogen-bond donors (Lipinski definition) is 0. The second-order valence-corrected chi connectivity index (χ2v) is 9.02. The molecule has 0 saturated carbocycles. The van der Waals surface area contributed by atoms with E-state index in [1.807, 2.05) is 0 Å². The molecule has 0 spiro atoms. The third kappa shape index (κ3) is 4.32. The zero-order valence-electron chi connectivity index (χ0n) is 14.6. The largest absolute Gasteiger partial charge is 0.448 e. The Labute approximate surface area is 182 Å². The minimum atomic E-state index is -3.94. The van der Waals surface area contributed by atoms with Crippen LogP contribution in [0.2, 0.25) is 15.1 Å². The van der Waals surface area contributed by atoms with Gasteiger partial charge in [0.2, 0.25) is 0 Å². The second-order valence-electron chi connectivity index (χ2n) is 6.12. The van der Waals surface area contributed by atoms with Gasteiger partial charge in [-0.1, -0.05) is 59.1 Å². The maximum Gasteiger partial charge on any atom is 0.297 e. The molecule has 0 fully saturated rings. The van der Waals surface area contributed by atoms with Gasteiger partial charge in [0.05, 0.1) is 9.92 Å². The lowest BCUT2D eigenvalue weighted by atomic mass is 10.0. The topological polar surface area (TPSA) is 61.8 Å². The fraction of sp³-hybridized carbons (Fsp3) is 0.100. The van der Waals surface area contributed by atoms with Crippen LogP contribution < -0.4 is 9.47 Å². The zero-order chi connectivity index (χ0) is 20.6. The van der Waals surface area contributed by atoms with Crippen LogP contribution in [0.25, 0.3) is 11.1 Å². The first-order valence-electron chi connectivity index (χ1n) is 8.40. The third-order valence-electron chi connectivity index (χ3n) is 4.14. The van der Waals surface area contributed by atoms with Gasteiger partial charge in [0.25, 0.3) is 16.4 Å². The van der Waals surface area contributed by atoms with Gasteiger partial charge < -0.3 is 9.47 Å². The average molecular weight is 472 g/mol. The molecule has 0 aromatic heterocycles. The Morgan fingerprint density at radius 3 is 2.34 bits per heavy atom. The zero-order valence-corrected chi connectivity index (χ0v) is 17.7. The van der Waals surface area contributed by atoms with Crippen molar-refractivity contribution in [1.82, 2.24) is 0 Å². The normalized spacial score (nSPS) is 15.5. The van der Waals surface area contributed by atoms with E-state index in [-0.39, 0.29) is 11.5 Å². The predicted octanol–water partition coefficient (Wildman–Crippen LogP) is 5.82. The van der Waals surface area contributed by atoms with Gasteiger partial charge in [-0.15, -0.1) is 0 Å². The summed E-state index contributed by atoms with van der Waals surface area (Å²) in [4.78, 5) is 0.0483. The SMILES string of the molecule is O=S(=O)(OCC1Oc2cc(Cl)cc(-c3ccc(Cl)cc3Cl)c2O1)c1ccccc1. The Bertz CT molecular complexity index is 1170. The molecule has 1 unspecified atom stereocenters. The molecule has 0 aliphatic carbocycles. The lowest BCUT2D eigenvalue weighted by molar-refractivity contribution is 0.00993. The minimum Gasteiger partial charge on any atom is -0.448 e. The molecule has 1 aliphatic rings. The molecule has 29 heavy (non-hydrogen) atoms. The maximum atomic E-state index is 12.3. The first-order valence-corrected chi connectivity index (χ1v) is 10.9. The number of hydrogen-bond acceptors (Lipinski definition) is 5. The molecule has 0 N–H and O–H groups in total. The molecule has 1 atom stereocenters. The molecule has 0 amide bonds.